The highest BCUT2D eigenvalue weighted by molar-refractivity contribution is 5.95. The molecule has 0 aliphatic heterocycles. The van der Waals surface area contributed by atoms with E-state index in [4.69, 9.17) is 21.1 Å². The van der Waals surface area contributed by atoms with E-state index >= 15 is 0 Å². The van der Waals surface area contributed by atoms with Crippen LogP contribution in [0.15, 0.2) is 0 Å². The first-order valence-corrected chi connectivity index (χ1v) is 9.56. The van der Waals surface area contributed by atoms with E-state index in [0.29, 0.717) is 0 Å². The predicted molar refractivity (Wildman–Crippen MR) is 107 cm³/mol. The minimum absolute atomic E-state index is 0.549. The fourth-order valence-electron chi connectivity index (χ4n) is 2.26. The second kappa shape index (κ2) is 14.3. The van der Waals surface area contributed by atoms with E-state index in [1.165, 1.54) is 13.8 Å². The molecule has 0 aromatic heterocycles. The van der Waals surface area contributed by atoms with Gasteiger partial charge in [0.25, 0.3) is 0 Å². The molecule has 11 N–H and O–H groups in total. The van der Waals surface area contributed by atoms with Crippen molar-refractivity contribution < 1.29 is 49.5 Å². The number of amides is 4. The summed E-state index contributed by atoms with van der Waals surface area (Å²) >= 11 is 0. The summed E-state index contributed by atoms with van der Waals surface area (Å²) < 4.78 is 0. The van der Waals surface area contributed by atoms with Crippen LogP contribution in [0.3, 0.4) is 0 Å². The van der Waals surface area contributed by atoms with Crippen LogP contribution < -0.4 is 27.0 Å². The zero-order chi connectivity index (χ0) is 25.0. The Balaban J connectivity index is 5.23. The minimum Gasteiger partial charge on any atom is -0.480 e. The van der Waals surface area contributed by atoms with Gasteiger partial charge in [-0.1, -0.05) is 13.8 Å². The Morgan fingerprint density at radius 1 is 0.656 bits per heavy atom. The summed E-state index contributed by atoms with van der Waals surface area (Å²) in [4.78, 5) is 59.7. The zero-order valence-corrected chi connectivity index (χ0v) is 17.6. The van der Waals surface area contributed by atoms with Gasteiger partial charge in [-0.25, -0.2) is 4.79 Å². The summed E-state index contributed by atoms with van der Waals surface area (Å²) in [7, 11) is 0. The van der Waals surface area contributed by atoms with Crippen molar-refractivity contribution in [1.82, 2.24) is 21.3 Å². The Morgan fingerprint density at radius 3 is 1.44 bits per heavy atom. The summed E-state index contributed by atoms with van der Waals surface area (Å²) in [6.07, 6.45) is 0. The quantitative estimate of drug-likeness (QED) is 0.115. The number of carbonyl (C=O) groups excluding carboxylic acids is 4. The van der Waals surface area contributed by atoms with E-state index in [0.717, 1.165) is 0 Å². The first kappa shape index (κ1) is 29.1. The minimum atomic E-state index is -1.60. The average Bonchev–Trinajstić information content (AvgIpc) is 2.75. The number of aliphatic carboxylic acids is 1. The van der Waals surface area contributed by atoms with Crippen molar-refractivity contribution in [1.29, 1.82) is 0 Å². The SMILES string of the molecule is CC(C)[C@H](NC(=O)[C@H](CO)NC(=O)[C@H](CO)NC(=O)[C@@H](N)CO)C(=O)N[C@@H](CO)C(=O)O. The van der Waals surface area contributed by atoms with Gasteiger partial charge in [-0.15, -0.1) is 0 Å². The van der Waals surface area contributed by atoms with E-state index in [1.54, 1.807) is 0 Å². The molecule has 0 saturated heterocycles. The van der Waals surface area contributed by atoms with Crippen molar-refractivity contribution in [2.24, 2.45) is 11.7 Å². The third kappa shape index (κ3) is 9.11. The topological polar surface area (TPSA) is 261 Å². The number of aliphatic hydroxyl groups excluding tert-OH is 4. The Labute approximate surface area is 183 Å². The average molecular weight is 465 g/mol. The molecule has 15 heteroatoms. The van der Waals surface area contributed by atoms with Gasteiger partial charge in [0.2, 0.25) is 23.6 Å². The number of carboxylic acid groups (broad SMARTS) is 1. The number of carboxylic acids is 1. The standard InChI is InChI=1S/C17H31N5O10/c1-7(2)12(16(30)21-11(6-26)17(31)32)22-15(29)10(5-25)20-14(28)9(4-24)19-13(27)8(18)3-23/h7-12,23-26H,3-6,18H2,1-2H3,(H,19,27)(H,20,28)(H,21,30)(H,22,29)(H,31,32)/t8-,9-,10-,11-,12-/m0/s1. The maximum atomic E-state index is 12.5. The number of nitrogens with two attached hydrogens (primary N) is 1. The zero-order valence-electron chi connectivity index (χ0n) is 17.6. The van der Waals surface area contributed by atoms with Gasteiger partial charge in [-0.05, 0) is 5.92 Å². The Morgan fingerprint density at radius 2 is 1.06 bits per heavy atom. The molecule has 0 aliphatic carbocycles. The maximum Gasteiger partial charge on any atom is 0.328 e. The van der Waals surface area contributed by atoms with Crippen LogP contribution in [0.25, 0.3) is 0 Å². The molecule has 184 valence electrons. The lowest BCUT2D eigenvalue weighted by atomic mass is 10.0. The van der Waals surface area contributed by atoms with Crippen LogP contribution in [0.1, 0.15) is 13.8 Å². The molecule has 4 amide bonds. The Kier molecular flexibility index (Phi) is 13.0. The predicted octanol–water partition coefficient (Wildman–Crippen LogP) is -6.04. The van der Waals surface area contributed by atoms with Crippen LogP contribution in [0.5, 0.6) is 0 Å². The van der Waals surface area contributed by atoms with E-state index in [9.17, 15) is 34.2 Å². The Hall–Kier alpha value is -2.85. The van der Waals surface area contributed by atoms with Gasteiger partial charge in [-0.2, -0.15) is 0 Å². The van der Waals surface area contributed by atoms with E-state index in [2.05, 4.69) is 16.0 Å². The largest absolute Gasteiger partial charge is 0.480 e. The summed E-state index contributed by atoms with van der Waals surface area (Å²) in [5.74, 6) is -5.98. The molecular weight excluding hydrogens is 434 g/mol. The fourth-order valence-corrected chi connectivity index (χ4v) is 2.26. The third-order valence-electron chi connectivity index (χ3n) is 4.21. The molecule has 0 rings (SSSR count). The van der Waals surface area contributed by atoms with E-state index in [-0.39, 0.29) is 0 Å². The fraction of sp³-hybridized carbons (Fsp3) is 0.706. The highest BCUT2D eigenvalue weighted by atomic mass is 16.4. The first-order chi connectivity index (χ1) is 14.9. The molecular formula is C17H31N5O10. The van der Waals surface area contributed by atoms with Gasteiger partial charge in [0.15, 0.2) is 0 Å². The molecule has 0 fully saturated rings. The molecule has 0 saturated carbocycles. The van der Waals surface area contributed by atoms with Crippen molar-refractivity contribution in [3.05, 3.63) is 0 Å². The van der Waals surface area contributed by atoms with E-state index < -0.39 is 92.2 Å². The lowest BCUT2D eigenvalue weighted by molar-refractivity contribution is -0.143. The smallest absolute Gasteiger partial charge is 0.328 e. The molecule has 0 aromatic carbocycles. The highest BCUT2D eigenvalue weighted by Gasteiger charge is 2.32. The molecule has 0 aliphatic rings. The van der Waals surface area contributed by atoms with Crippen molar-refractivity contribution in [3.63, 3.8) is 0 Å². The monoisotopic (exact) mass is 465 g/mol. The van der Waals surface area contributed by atoms with E-state index in [1.807, 2.05) is 5.32 Å². The summed E-state index contributed by atoms with van der Waals surface area (Å²) in [5, 5.41) is 54.0. The van der Waals surface area contributed by atoms with Gasteiger partial charge in [0.1, 0.15) is 30.2 Å². The second-order valence-electron chi connectivity index (χ2n) is 7.09. The van der Waals surface area contributed by atoms with Gasteiger partial charge in [0.05, 0.1) is 26.4 Å². The van der Waals surface area contributed by atoms with Crippen LogP contribution >= 0.6 is 0 Å². The van der Waals surface area contributed by atoms with Crippen LogP contribution in [-0.2, 0) is 24.0 Å². The van der Waals surface area contributed by atoms with Crippen LogP contribution in [0, 0.1) is 5.92 Å². The number of carbonyl (C=O) groups is 5. The van der Waals surface area contributed by atoms with Crippen molar-refractivity contribution >= 4 is 29.6 Å². The maximum absolute atomic E-state index is 12.5. The highest BCUT2D eigenvalue weighted by Crippen LogP contribution is 2.04. The number of aliphatic hydroxyl groups is 4. The van der Waals surface area contributed by atoms with Gasteiger partial charge < -0.3 is 52.5 Å². The van der Waals surface area contributed by atoms with Crippen molar-refractivity contribution in [2.75, 3.05) is 26.4 Å². The molecule has 0 bridgehead atoms. The molecule has 0 unspecified atom stereocenters. The lowest BCUT2D eigenvalue weighted by Gasteiger charge is -2.26. The molecule has 5 atom stereocenters. The normalized spacial score (nSPS) is 15.6. The summed E-state index contributed by atoms with van der Waals surface area (Å²) in [5.41, 5.74) is 5.30. The molecule has 15 nitrogen and oxygen atoms in total. The molecule has 0 radical (unpaired) electrons. The van der Waals surface area contributed by atoms with Crippen LogP contribution in [0.2, 0.25) is 0 Å². The molecule has 32 heavy (non-hydrogen) atoms. The molecule has 0 spiro atoms. The molecule has 0 aromatic rings. The number of nitrogens with one attached hydrogen (secondary N) is 4. The third-order valence-corrected chi connectivity index (χ3v) is 4.21. The Bertz CT molecular complexity index is 674. The van der Waals surface area contributed by atoms with Crippen molar-refractivity contribution in [2.45, 2.75) is 44.1 Å². The number of hydrogen-bond acceptors (Lipinski definition) is 10. The second-order valence-corrected chi connectivity index (χ2v) is 7.09. The summed E-state index contributed by atoms with van der Waals surface area (Å²) in [6.45, 7) is -0.333. The van der Waals surface area contributed by atoms with Gasteiger partial charge in [0, 0.05) is 0 Å². The summed E-state index contributed by atoms with van der Waals surface area (Å²) in [6, 6.07) is -7.38. The van der Waals surface area contributed by atoms with Crippen molar-refractivity contribution in [3.8, 4) is 0 Å². The van der Waals surface area contributed by atoms with Gasteiger partial charge >= 0.3 is 5.97 Å². The first-order valence-electron chi connectivity index (χ1n) is 9.56. The number of rotatable bonds is 14. The van der Waals surface area contributed by atoms with Crippen LogP contribution in [0.4, 0.5) is 0 Å². The van der Waals surface area contributed by atoms with Gasteiger partial charge in [-0.3, -0.25) is 19.2 Å². The van der Waals surface area contributed by atoms with Crippen LogP contribution in [-0.4, -0.2) is 112 Å². The lowest BCUT2D eigenvalue weighted by Crippen LogP contribution is -2.61. The number of hydrogen-bond donors (Lipinski definition) is 10. The molecule has 0 heterocycles.